The van der Waals surface area contributed by atoms with Crippen LogP contribution in [0.3, 0.4) is 0 Å². The van der Waals surface area contributed by atoms with Crippen molar-refractivity contribution >= 4 is 11.4 Å². The van der Waals surface area contributed by atoms with E-state index in [1.165, 1.54) is 6.07 Å². The molecule has 5 nitrogen and oxygen atoms in total. The van der Waals surface area contributed by atoms with Crippen molar-refractivity contribution in [2.24, 2.45) is 0 Å². The fraction of sp³-hybridized carbons (Fsp3) is 0.143. The largest absolute Gasteiger partial charge is 0.508 e. The summed E-state index contributed by atoms with van der Waals surface area (Å²) in [5, 5.41) is 23.3. The molecule has 0 aliphatic rings. The van der Waals surface area contributed by atoms with Crippen molar-refractivity contribution in [2.45, 2.75) is 13.5 Å². The lowest BCUT2D eigenvalue weighted by atomic mass is 10.1. The number of nitro benzene ring substituents is 1. The van der Waals surface area contributed by atoms with E-state index in [4.69, 9.17) is 0 Å². The van der Waals surface area contributed by atoms with Crippen LogP contribution in [-0.2, 0) is 6.54 Å². The zero-order valence-electron chi connectivity index (χ0n) is 10.5. The van der Waals surface area contributed by atoms with Crippen LogP contribution in [0.1, 0.15) is 11.1 Å². The van der Waals surface area contributed by atoms with Gasteiger partial charge in [0.05, 0.1) is 4.92 Å². The first-order valence-corrected chi connectivity index (χ1v) is 5.83. The molecule has 2 rings (SSSR count). The van der Waals surface area contributed by atoms with Crippen molar-refractivity contribution in [2.75, 3.05) is 5.32 Å². The first-order valence-electron chi connectivity index (χ1n) is 5.83. The summed E-state index contributed by atoms with van der Waals surface area (Å²) in [5.74, 6) is 0.203. The van der Waals surface area contributed by atoms with Crippen molar-refractivity contribution in [3.63, 3.8) is 0 Å². The number of nitrogens with one attached hydrogen (secondary N) is 1. The average Bonchev–Trinajstić information content (AvgIpc) is 2.37. The number of rotatable bonds is 4. The van der Waals surface area contributed by atoms with Crippen LogP contribution in [0.4, 0.5) is 11.4 Å². The molecular formula is C14H14N2O3. The number of hydrogen-bond donors (Lipinski definition) is 2. The predicted molar refractivity (Wildman–Crippen MR) is 73.3 cm³/mol. The monoisotopic (exact) mass is 258 g/mol. The Labute approximate surface area is 110 Å². The number of benzene rings is 2. The molecule has 0 aliphatic carbocycles. The second kappa shape index (κ2) is 5.39. The van der Waals surface area contributed by atoms with Crippen molar-refractivity contribution in [3.8, 4) is 5.75 Å². The van der Waals surface area contributed by atoms with Gasteiger partial charge in [0.2, 0.25) is 0 Å². The maximum absolute atomic E-state index is 10.8. The molecule has 2 N–H and O–H groups in total. The summed E-state index contributed by atoms with van der Waals surface area (Å²) < 4.78 is 0. The lowest BCUT2D eigenvalue weighted by Gasteiger charge is -2.07. The van der Waals surface area contributed by atoms with E-state index in [1.54, 1.807) is 37.3 Å². The highest BCUT2D eigenvalue weighted by atomic mass is 16.6. The minimum absolute atomic E-state index is 0.0981. The summed E-state index contributed by atoms with van der Waals surface area (Å²) in [6.45, 7) is 2.20. The molecule has 0 unspecified atom stereocenters. The van der Waals surface area contributed by atoms with E-state index in [-0.39, 0.29) is 11.4 Å². The Kier molecular flexibility index (Phi) is 3.66. The van der Waals surface area contributed by atoms with Crippen LogP contribution in [0.25, 0.3) is 0 Å². The van der Waals surface area contributed by atoms with Crippen LogP contribution >= 0.6 is 0 Å². The lowest BCUT2D eigenvalue weighted by molar-refractivity contribution is -0.385. The van der Waals surface area contributed by atoms with Crippen LogP contribution in [-0.4, -0.2) is 10.0 Å². The Morgan fingerprint density at radius 2 is 2.05 bits per heavy atom. The Morgan fingerprint density at radius 1 is 1.26 bits per heavy atom. The van der Waals surface area contributed by atoms with Crippen molar-refractivity contribution in [1.29, 1.82) is 0 Å². The van der Waals surface area contributed by atoms with Gasteiger partial charge in [0, 0.05) is 23.9 Å². The molecule has 98 valence electrons. The number of aromatic hydroxyl groups is 1. The van der Waals surface area contributed by atoms with Gasteiger partial charge in [-0.25, -0.2) is 0 Å². The van der Waals surface area contributed by atoms with Gasteiger partial charge in [0.15, 0.2) is 0 Å². The predicted octanol–water partition coefficient (Wildman–Crippen LogP) is 3.22. The zero-order chi connectivity index (χ0) is 13.8. The van der Waals surface area contributed by atoms with Crippen molar-refractivity contribution < 1.29 is 10.0 Å². The van der Waals surface area contributed by atoms with Crippen LogP contribution in [0, 0.1) is 17.0 Å². The van der Waals surface area contributed by atoms with E-state index in [1.807, 2.05) is 6.07 Å². The molecule has 2 aromatic carbocycles. The van der Waals surface area contributed by atoms with Gasteiger partial charge < -0.3 is 10.4 Å². The van der Waals surface area contributed by atoms with Crippen molar-refractivity contribution in [3.05, 3.63) is 63.7 Å². The molecule has 0 aliphatic heterocycles. The summed E-state index contributed by atoms with van der Waals surface area (Å²) in [7, 11) is 0. The number of nitro groups is 1. The number of phenols is 1. The molecule has 0 spiro atoms. The van der Waals surface area contributed by atoms with E-state index in [0.717, 1.165) is 5.56 Å². The molecule has 0 aromatic heterocycles. The molecule has 0 saturated heterocycles. The highest BCUT2D eigenvalue weighted by molar-refractivity contribution is 5.55. The Balaban J connectivity index is 2.12. The minimum Gasteiger partial charge on any atom is -0.508 e. The quantitative estimate of drug-likeness (QED) is 0.652. The molecule has 0 atom stereocenters. The van der Waals surface area contributed by atoms with Gasteiger partial charge in [-0.1, -0.05) is 18.2 Å². The van der Waals surface area contributed by atoms with Crippen molar-refractivity contribution in [1.82, 2.24) is 0 Å². The lowest BCUT2D eigenvalue weighted by Crippen LogP contribution is -2.00. The van der Waals surface area contributed by atoms with Crippen LogP contribution in [0.2, 0.25) is 0 Å². The SMILES string of the molecule is Cc1ccc(NCc2cccc(O)c2)cc1[N+](=O)[O-]. The molecule has 0 bridgehead atoms. The normalized spacial score (nSPS) is 10.2. The minimum atomic E-state index is -0.394. The summed E-state index contributed by atoms with van der Waals surface area (Å²) in [6.07, 6.45) is 0. The summed E-state index contributed by atoms with van der Waals surface area (Å²) in [4.78, 5) is 10.4. The maximum Gasteiger partial charge on any atom is 0.274 e. The smallest absolute Gasteiger partial charge is 0.274 e. The van der Waals surface area contributed by atoms with E-state index in [2.05, 4.69) is 5.32 Å². The first-order chi connectivity index (χ1) is 9.06. The van der Waals surface area contributed by atoms with Gasteiger partial charge >= 0.3 is 0 Å². The molecular weight excluding hydrogens is 244 g/mol. The molecule has 0 heterocycles. The Morgan fingerprint density at radius 3 is 2.74 bits per heavy atom. The number of phenolic OH excluding ortho intramolecular Hbond substituents is 1. The summed E-state index contributed by atoms with van der Waals surface area (Å²) >= 11 is 0. The summed E-state index contributed by atoms with van der Waals surface area (Å²) in [6, 6.07) is 11.9. The second-order valence-electron chi connectivity index (χ2n) is 4.28. The molecule has 19 heavy (non-hydrogen) atoms. The second-order valence-corrected chi connectivity index (χ2v) is 4.28. The highest BCUT2D eigenvalue weighted by Gasteiger charge is 2.10. The fourth-order valence-corrected chi connectivity index (χ4v) is 1.79. The molecule has 0 fully saturated rings. The van der Waals surface area contributed by atoms with Gasteiger partial charge in [-0.2, -0.15) is 0 Å². The van der Waals surface area contributed by atoms with Gasteiger partial charge in [0.1, 0.15) is 5.75 Å². The number of nitrogens with zero attached hydrogens (tertiary/aromatic N) is 1. The molecule has 0 saturated carbocycles. The number of anilines is 1. The first kappa shape index (κ1) is 12.9. The topological polar surface area (TPSA) is 75.4 Å². The standard InChI is InChI=1S/C14H14N2O3/c1-10-5-6-12(8-14(10)16(18)19)15-9-11-3-2-4-13(17)7-11/h2-8,15,17H,9H2,1H3. The molecule has 0 amide bonds. The van der Waals surface area contributed by atoms with Gasteiger partial charge in [0.25, 0.3) is 5.69 Å². The number of hydrogen-bond acceptors (Lipinski definition) is 4. The van der Waals surface area contributed by atoms with Crippen LogP contribution in [0.15, 0.2) is 42.5 Å². The van der Waals surface area contributed by atoms with E-state index in [9.17, 15) is 15.2 Å². The van der Waals surface area contributed by atoms with E-state index in [0.29, 0.717) is 17.8 Å². The Hall–Kier alpha value is -2.56. The zero-order valence-corrected chi connectivity index (χ0v) is 10.5. The summed E-state index contributed by atoms with van der Waals surface area (Å²) in [5.41, 5.74) is 2.32. The highest BCUT2D eigenvalue weighted by Crippen LogP contribution is 2.23. The fourth-order valence-electron chi connectivity index (χ4n) is 1.79. The van der Waals surface area contributed by atoms with Crippen LogP contribution in [0.5, 0.6) is 5.75 Å². The third kappa shape index (κ3) is 3.22. The van der Waals surface area contributed by atoms with Gasteiger partial charge in [-0.15, -0.1) is 0 Å². The van der Waals surface area contributed by atoms with Gasteiger partial charge in [-0.3, -0.25) is 10.1 Å². The van der Waals surface area contributed by atoms with Gasteiger partial charge in [-0.05, 0) is 30.7 Å². The molecule has 0 radical (unpaired) electrons. The third-order valence-electron chi connectivity index (χ3n) is 2.81. The third-order valence-corrected chi connectivity index (χ3v) is 2.81. The Bertz CT molecular complexity index is 611. The van der Waals surface area contributed by atoms with Crippen LogP contribution < -0.4 is 5.32 Å². The molecule has 5 heteroatoms. The maximum atomic E-state index is 10.8. The van der Waals surface area contributed by atoms with E-state index >= 15 is 0 Å². The average molecular weight is 258 g/mol. The number of aryl methyl sites for hydroxylation is 1. The molecule has 2 aromatic rings. The van der Waals surface area contributed by atoms with E-state index < -0.39 is 4.92 Å².